The number of carbonyl (C=O) groups excluding carboxylic acids is 1. The van der Waals surface area contributed by atoms with Crippen LogP contribution in [0, 0.1) is 17.2 Å². The van der Waals surface area contributed by atoms with Gasteiger partial charge in [0.1, 0.15) is 0 Å². The summed E-state index contributed by atoms with van der Waals surface area (Å²) in [5, 5.41) is 16.3. The molecule has 1 aromatic carbocycles. The second-order valence-electron chi connectivity index (χ2n) is 7.72. The lowest BCUT2D eigenvalue weighted by Crippen LogP contribution is -2.36. The summed E-state index contributed by atoms with van der Waals surface area (Å²) in [5.74, 6) is 1.09. The number of rotatable bonds is 5. The third-order valence-electron chi connectivity index (χ3n) is 5.56. The number of likely N-dealkylation sites (tertiary alicyclic amines) is 1. The summed E-state index contributed by atoms with van der Waals surface area (Å²) in [6.07, 6.45) is 7.46. The predicted octanol–water partition coefficient (Wildman–Crippen LogP) is 2.88. The molecule has 1 N–H and O–H groups in total. The monoisotopic (exact) mass is 400 g/mol. The van der Waals surface area contributed by atoms with Gasteiger partial charge in [0.05, 0.1) is 23.4 Å². The Morgan fingerprint density at radius 1 is 1.13 bits per heavy atom. The van der Waals surface area contributed by atoms with Crippen molar-refractivity contribution in [2.75, 3.05) is 26.7 Å². The van der Waals surface area contributed by atoms with Crippen LogP contribution in [-0.4, -0.2) is 52.3 Å². The molecule has 30 heavy (non-hydrogen) atoms. The first-order valence-electron chi connectivity index (χ1n) is 10.1. The molecule has 1 saturated heterocycles. The fourth-order valence-corrected chi connectivity index (χ4v) is 3.60. The van der Waals surface area contributed by atoms with Crippen molar-refractivity contribution in [3.63, 3.8) is 0 Å². The average Bonchev–Trinajstić information content (AvgIpc) is 3.29. The van der Waals surface area contributed by atoms with Gasteiger partial charge in [-0.2, -0.15) is 10.4 Å². The molecule has 152 valence electrons. The van der Waals surface area contributed by atoms with E-state index in [1.54, 1.807) is 41.3 Å². The second kappa shape index (κ2) is 8.89. The van der Waals surface area contributed by atoms with E-state index in [1.165, 1.54) is 0 Å². The molecular weight excluding hydrogens is 376 g/mol. The van der Waals surface area contributed by atoms with Gasteiger partial charge in [-0.05, 0) is 68.7 Å². The average molecular weight is 400 g/mol. The molecule has 0 unspecified atom stereocenters. The Balaban J connectivity index is 1.38. The van der Waals surface area contributed by atoms with Crippen molar-refractivity contribution >= 4 is 5.91 Å². The number of piperidine rings is 1. The number of nitrogens with zero attached hydrogens (tertiary/aromatic N) is 5. The topological polar surface area (TPSA) is 86.8 Å². The van der Waals surface area contributed by atoms with Gasteiger partial charge in [0.2, 0.25) is 0 Å². The van der Waals surface area contributed by atoms with Crippen molar-refractivity contribution in [2.24, 2.45) is 5.92 Å². The van der Waals surface area contributed by atoms with Crippen LogP contribution in [0.1, 0.15) is 28.8 Å². The van der Waals surface area contributed by atoms with Crippen LogP contribution in [-0.2, 0) is 0 Å². The largest absolute Gasteiger partial charge is 0.352 e. The highest BCUT2D eigenvalue weighted by Crippen LogP contribution is 2.20. The molecule has 1 aliphatic rings. The van der Waals surface area contributed by atoms with Gasteiger partial charge >= 0.3 is 0 Å². The summed E-state index contributed by atoms with van der Waals surface area (Å²) in [5.41, 5.74) is 3.08. The van der Waals surface area contributed by atoms with Crippen molar-refractivity contribution in [3.05, 3.63) is 66.1 Å². The van der Waals surface area contributed by atoms with Crippen molar-refractivity contribution in [3.8, 4) is 23.0 Å². The van der Waals surface area contributed by atoms with E-state index < -0.39 is 0 Å². The quantitative estimate of drug-likeness (QED) is 0.712. The van der Waals surface area contributed by atoms with E-state index in [0.717, 1.165) is 37.1 Å². The Morgan fingerprint density at radius 3 is 2.57 bits per heavy atom. The Kier molecular flexibility index (Phi) is 5.87. The zero-order chi connectivity index (χ0) is 20.9. The van der Waals surface area contributed by atoms with Crippen LogP contribution in [0.5, 0.6) is 0 Å². The lowest BCUT2D eigenvalue weighted by Gasteiger charge is -2.28. The SMILES string of the molecule is CN1CCC(CNC(=O)c2ccc(-n3cc(-c4ccc(C#N)cc4)cn3)nc2)CC1. The molecule has 4 rings (SSSR count). The minimum absolute atomic E-state index is 0.0910. The lowest BCUT2D eigenvalue weighted by molar-refractivity contribution is 0.0938. The van der Waals surface area contributed by atoms with Crippen molar-refractivity contribution < 1.29 is 4.79 Å². The smallest absolute Gasteiger partial charge is 0.252 e. The lowest BCUT2D eigenvalue weighted by atomic mass is 9.97. The second-order valence-corrected chi connectivity index (χ2v) is 7.72. The molecule has 0 spiro atoms. The number of benzene rings is 1. The molecule has 3 aromatic rings. The standard InChI is InChI=1S/C23H24N6O/c1-28-10-8-18(9-11-28)13-26-23(30)20-6-7-22(25-14-20)29-16-21(15-27-29)19-4-2-17(12-24)3-5-19/h2-7,14-16,18H,8-11,13H2,1H3,(H,26,30). The Morgan fingerprint density at radius 2 is 1.90 bits per heavy atom. The van der Waals surface area contributed by atoms with Crippen LogP contribution in [0.4, 0.5) is 0 Å². The molecule has 3 heterocycles. The molecule has 0 radical (unpaired) electrons. The van der Waals surface area contributed by atoms with E-state index in [2.05, 4.69) is 33.4 Å². The summed E-state index contributed by atoms with van der Waals surface area (Å²) >= 11 is 0. The highest BCUT2D eigenvalue weighted by atomic mass is 16.1. The number of aromatic nitrogens is 3. The molecule has 0 saturated carbocycles. The van der Waals surface area contributed by atoms with Gasteiger partial charge < -0.3 is 10.2 Å². The highest BCUT2D eigenvalue weighted by Gasteiger charge is 2.17. The molecular formula is C23H24N6O. The van der Waals surface area contributed by atoms with Gasteiger partial charge in [-0.1, -0.05) is 12.1 Å². The number of nitriles is 1. The first-order chi connectivity index (χ1) is 14.6. The summed E-state index contributed by atoms with van der Waals surface area (Å²) in [4.78, 5) is 19.2. The summed E-state index contributed by atoms with van der Waals surface area (Å²) in [6, 6.07) is 13.0. The summed E-state index contributed by atoms with van der Waals surface area (Å²) in [6.45, 7) is 2.89. The molecule has 1 fully saturated rings. The van der Waals surface area contributed by atoms with E-state index in [9.17, 15) is 4.79 Å². The van der Waals surface area contributed by atoms with E-state index in [-0.39, 0.29) is 5.91 Å². The van der Waals surface area contributed by atoms with Crippen LogP contribution in [0.2, 0.25) is 0 Å². The minimum Gasteiger partial charge on any atom is -0.352 e. The fourth-order valence-electron chi connectivity index (χ4n) is 3.60. The van der Waals surface area contributed by atoms with Crippen LogP contribution in [0.15, 0.2) is 55.0 Å². The number of pyridine rings is 1. The first kappa shape index (κ1) is 19.8. The molecule has 7 heteroatoms. The fraction of sp³-hybridized carbons (Fsp3) is 0.304. The Labute approximate surface area is 176 Å². The highest BCUT2D eigenvalue weighted by molar-refractivity contribution is 5.93. The number of amides is 1. The normalized spacial score (nSPS) is 14.9. The summed E-state index contributed by atoms with van der Waals surface area (Å²) < 4.78 is 1.67. The van der Waals surface area contributed by atoms with Crippen LogP contribution < -0.4 is 5.32 Å². The molecule has 0 aliphatic carbocycles. The van der Waals surface area contributed by atoms with Crippen molar-refractivity contribution in [1.29, 1.82) is 5.26 Å². The zero-order valence-electron chi connectivity index (χ0n) is 17.0. The van der Waals surface area contributed by atoms with Crippen LogP contribution in [0.25, 0.3) is 16.9 Å². The van der Waals surface area contributed by atoms with Gasteiger partial charge in [-0.15, -0.1) is 0 Å². The molecule has 0 bridgehead atoms. The van der Waals surface area contributed by atoms with E-state index in [0.29, 0.717) is 29.4 Å². The maximum Gasteiger partial charge on any atom is 0.252 e. The third kappa shape index (κ3) is 4.56. The zero-order valence-corrected chi connectivity index (χ0v) is 17.0. The molecule has 0 atom stereocenters. The van der Waals surface area contributed by atoms with Gasteiger partial charge in [-0.25, -0.2) is 9.67 Å². The van der Waals surface area contributed by atoms with Crippen LogP contribution in [0.3, 0.4) is 0 Å². The van der Waals surface area contributed by atoms with E-state index in [4.69, 9.17) is 5.26 Å². The van der Waals surface area contributed by atoms with Gasteiger partial charge in [0.15, 0.2) is 5.82 Å². The number of carbonyl (C=O) groups is 1. The van der Waals surface area contributed by atoms with Gasteiger partial charge in [0, 0.05) is 24.5 Å². The maximum atomic E-state index is 12.4. The molecule has 2 aromatic heterocycles. The number of nitrogens with one attached hydrogen (secondary N) is 1. The Hall–Kier alpha value is -3.50. The molecule has 7 nitrogen and oxygen atoms in total. The van der Waals surface area contributed by atoms with E-state index in [1.807, 2.05) is 18.3 Å². The predicted molar refractivity (Wildman–Crippen MR) is 114 cm³/mol. The summed E-state index contributed by atoms with van der Waals surface area (Å²) in [7, 11) is 2.13. The van der Waals surface area contributed by atoms with Crippen LogP contribution >= 0.6 is 0 Å². The van der Waals surface area contributed by atoms with E-state index >= 15 is 0 Å². The molecule has 1 amide bonds. The number of hydrogen-bond acceptors (Lipinski definition) is 5. The Bertz CT molecular complexity index is 1040. The van der Waals surface area contributed by atoms with Crippen molar-refractivity contribution in [2.45, 2.75) is 12.8 Å². The van der Waals surface area contributed by atoms with Crippen molar-refractivity contribution in [1.82, 2.24) is 25.0 Å². The number of hydrogen-bond donors (Lipinski definition) is 1. The third-order valence-corrected chi connectivity index (χ3v) is 5.56. The van der Waals surface area contributed by atoms with Gasteiger partial charge in [-0.3, -0.25) is 4.79 Å². The maximum absolute atomic E-state index is 12.4. The first-order valence-corrected chi connectivity index (χ1v) is 10.1. The van der Waals surface area contributed by atoms with Gasteiger partial charge in [0.25, 0.3) is 5.91 Å². The minimum atomic E-state index is -0.0910. The molecule has 1 aliphatic heterocycles.